The number of carbonyl (C=O) groups excluding carboxylic acids is 1. The van der Waals surface area contributed by atoms with Crippen LogP contribution in [-0.4, -0.2) is 30.8 Å². The van der Waals surface area contributed by atoms with Crippen LogP contribution in [0, 0.1) is 5.92 Å². The maximum Gasteiger partial charge on any atom is 0.354 e. The van der Waals surface area contributed by atoms with Crippen LogP contribution in [0.1, 0.15) is 6.42 Å². The second kappa shape index (κ2) is 4.60. The van der Waals surface area contributed by atoms with E-state index in [1.807, 2.05) is 12.3 Å². The van der Waals surface area contributed by atoms with Gasteiger partial charge in [0.1, 0.15) is 0 Å². The second-order valence-electron chi connectivity index (χ2n) is 3.02. The minimum absolute atomic E-state index is 0.0175. The summed E-state index contributed by atoms with van der Waals surface area (Å²) < 4.78 is 4.65. The average Bonchev–Trinajstić information content (AvgIpc) is 2.20. The van der Waals surface area contributed by atoms with Crippen LogP contribution in [0.5, 0.6) is 0 Å². The van der Waals surface area contributed by atoms with Gasteiger partial charge in [0.05, 0.1) is 7.11 Å². The molecule has 0 aromatic heterocycles. The predicted octanol–water partition coefficient (Wildman–Crippen LogP) is 1.17. The lowest BCUT2D eigenvalue weighted by atomic mass is 9.98. The number of allylic oxidation sites excluding steroid dienone is 2. The van der Waals surface area contributed by atoms with Gasteiger partial charge < -0.3 is 4.74 Å². The monoisotopic (exact) mass is 194 g/mol. The summed E-state index contributed by atoms with van der Waals surface area (Å²) >= 11 is 0. The van der Waals surface area contributed by atoms with Gasteiger partial charge in [-0.1, -0.05) is 12.2 Å². The van der Waals surface area contributed by atoms with E-state index in [-0.39, 0.29) is 11.9 Å². The quantitative estimate of drug-likeness (QED) is 0.500. The Kier molecular flexibility index (Phi) is 3.45. The topological polar surface area (TPSA) is 41.9 Å². The highest BCUT2D eigenvalue weighted by Crippen LogP contribution is 2.15. The van der Waals surface area contributed by atoms with Crippen molar-refractivity contribution in [2.45, 2.75) is 6.42 Å². The van der Waals surface area contributed by atoms with Gasteiger partial charge in [-0.25, -0.2) is 4.79 Å². The Morgan fingerprint density at radius 1 is 1.86 bits per heavy atom. The summed E-state index contributed by atoms with van der Waals surface area (Å²) in [5, 5.41) is 5.68. The number of hydrazone groups is 1. The number of carbonyl (C=O) groups is 1. The van der Waals surface area contributed by atoms with Gasteiger partial charge in [0.15, 0.2) is 5.71 Å². The van der Waals surface area contributed by atoms with Crippen molar-refractivity contribution in [1.82, 2.24) is 5.01 Å². The van der Waals surface area contributed by atoms with Crippen molar-refractivity contribution in [2.75, 3.05) is 14.2 Å². The van der Waals surface area contributed by atoms with E-state index in [2.05, 4.69) is 16.4 Å². The summed E-state index contributed by atoms with van der Waals surface area (Å²) in [6.07, 6.45) is 6.19. The standard InChI is InChI=1S/C10H14N2O2/c1-4-5-8-6-7-12(2)11-9(8)10(13)14-3/h4,6-8H,1,5H2,2-3H3. The van der Waals surface area contributed by atoms with Crippen molar-refractivity contribution in [3.8, 4) is 0 Å². The smallest absolute Gasteiger partial charge is 0.354 e. The molecule has 4 heteroatoms. The summed E-state index contributed by atoms with van der Waals surface area (Å²) in [6.45, 7) is 3.64. The molecular formula is C10H14N2O2. The predicted molar refractivity (Wildman–Crippen MR) is 54.7 cm³/mol. The van der Waals surface area contributed by atoms with E-state index in [0.29, 0.717) is 12.1 Å². The number of hydrogen-bond donors (Lipinski definition) is 0. The Bertz CT molecular complexity index is 294. The molecule has 0 N–H and O–H groups in total. The molecule has 1 rings (SSSR count). The van der Waals surface area contributed by atoms with E-state index in [0.717, 1.165) is 0 Å². The summed E-state index contributed by atoms with van der Waals surface area (Å²) in [7, 11) is 3.12. The minimum Gasteiger partial charge on any atom is -0.464 e. The van der Waals surface area contributed by atoms with E-state index >= 15 is 0 Å². The van der Waals surface area contributed by atoms with Crippen LogP contribution in [0.2, 0.25) is 0 Å². The van der Waals surface area contributed by atoms with Gasteiger partial charge in [0, 0.05) is 19.2 Å². The zero-order chi connectivity index (χ0) is 10.6. The summed E-state index contributed by atoms with van der Waals surface area (Å²) in [5.41, 5.74) is 0.428. The molecule has 0 aliphatic carbocycles. The highest BCUT2D eigenvalue weighted by Gasteiger charge is 2.23. The van der Waals surface area contributed by atoms with Gasteiger partial charge in [0.2, 0.25) is 0 Å². The van der Waals surface area contributed by atoms with Crippen molar-refractivity contribution in [3.63, 3.8) is 0 Å². The highest BCUT2D eigenvalue weighted by molar-refractivity contribution is 6.37. The largest absolute Gasteiger partial charge is 0.464 e. The van der Waals surface area contributed by atoms with Crippen LogP contribution < -0.4 is 0 Å². The first-order chi connectivity index (χ1) is 6.69. The molecule has 1 unspecified atom stereocenters. The molecule has 0 bridgehead atoms. The normalized spacial score (nSPS) is 20.3. The zero-order valence-electron chi connectivity index (χ0n) is 8.43. The Labute approximate surface area is 83.5 Å². The molecule has 0 amide bonds. The highest BCUT2D eigenvalue weighted by atomic mass is 16.5. The molecule has 1 atom stereocenters. The number of nitrogens with zero attached hydrogens (tertiary/aromatic N) is 2. The fraction of sp³-hybridized carbons (Fsp3) is 0.400. The minimum atomic E-state index is -0.381. The third-order valence-corrected chi connectivity index (χ3v) is 1.97. The number of hydrogen-bond acceptors (Lipinski definition) is 4. The molecule has 0 fully saturated rings. The Morgan fingerprint density at radius 2 is 2.57 bits per heavy atom. The first kappa shape index (κ1) is 10.5. The number of esters is 1. The van der Waals surface area contributed by atoms with E-state index in [1.165, 1.54) is 7.11 Å². The molecule has 1 aliphatic rings. The van der Waals surface area contributed by atoms with E-state index in [4.69, 9.17) is 0 Å². The Balaban J connectivity index is 2.84. The third-order valence-electron chi connectivity index (χ3n) is 1.97. The average molecular weight is 194 g/mol. The lowest BCUT2D eigenvalue weighted by Crippen LogP contribution is -2.29. The summed E-state index contributed by atoms with van der Waals surface area (Å²) in [6, 6.07) is 0. The maximum absolute atomic E-state index is 11.3. The lowest BCUT2D eigenvalue weighted by Gasteiger charge is -2.20. The van der Waals surface area contributed by atoms with E-state index in [1.54, 1.807) is 18.1 Å². The van der Waals surface area contributed by atoms with Crippen molar-refractivity contribution in [3.05, 3.63) is 24.9 Å². The van der Waals surface area contributed by atoms with Gasteiger partial charge in [0.25, 0.3) is 0 Å². The van der Waals surface area contributed by atoms with E-state index < -0.39 is 0 Å². The summed E-state index contributed by atoms with van der Waals surface area (Å²) in [4.78, 5) is 11.3. The maximum atomic E-state index is 11.3. The van der Waals surface area contributed by atoms with E-state index in [9.17, 15) is 4.79 Å². The third kappa shape index (κ3) is 2.22. The van der Waals surface area contributed by atoms with Crippen LogP contribution in [0.3, 0.4) is 0 Å². The van der Waals surface area contributed by atoms with Crippen LogP contribution >= 0.6 is 0 Å². The van der Waals surface area contributed by atoms with Crippen LogP contribution in [0.25, 0.3) is 0 Å². The van der Waals surface area contributed by atoms with Gasteiger partial charge in [-0.2, -0.15) is 5.10 Å². The zero-order valence-corrected chi connectivity index (χ0v) is 8.43. The van der Waals surface area contributed by atoms with Gasteiger partial charge >= 0.3 is 5.97 Å². The molecule has 0 spiro atoms. The number of methoxy groups -OCH3 is 1. The number of ether oxygens (including phenoxy) is 1. The lowest BCUT2D eigenvalue weighted by molar-refractivity contribution is -0.133. The first-order valence-corrected chi connectivity index (χ1v) is 4.38. The van der Waals surface area contributed by atoms with Crippen molar-refractivity contribution < 1.29 is 9.53 Å². The van der Waals surface area contributed by atoms with Gasteiger partial charge in [-0.05, 0) is 6.42 Å². The first-order valence-electron chi connectivity index (χ1n) is 4.38. The van der Waals surface area contributed by atoms with Crippen LogP contribution in [0.4, 0.5) is 0 Å². The van der Waals surface area contributed by atoms with Crippen molar-refractivity contribution in [1.29, 1.82) is 0 Å². The molecule has 76 valence electrons. The van der Waals surface area contributed by atoms with Crippen LogP contribution in [-0.2, 0) is 9.53 Å². The second-order valence-corrected chi connectivity index (χ2v) is 3.02. The molecular weight excluding hydrogens is 180 g/mol. The molecule has 0 saturated heterocycles. The SMILES string of the molecule is C=CCC1C=CN(C)N=C1C(=O)OC. The van der Waals surface area contributed by atoms with Crippen LogP contribution in [0.15, 0.2) is 30.0 Å². The van der Waals surface area contributed by atoms with Gasteiger partial charge in [-0.15, -0.1) is 6.58 Å². The molecule has 1 aliphatic heterocycles. The molecule has 0 saturated carbocycles. The van der Waals surface area contributed by atoms with Crippen molar-refractivity contribution in [2.24, 2.45) is 11.0 Å². The van der Waals surface area contributed by atoms with Crippen molar-refractivity contribution >= 4 is 11.7 Å². The fourth-order valence-corrected chi connectivity index (χ4v) is 1.26. The number of rotatable bonds is 3. The molecule has 1 heterocycles. The summed E-state index contributed by atoms with van der Waals surface area (Å²) in [5.74, 6) is -0.399. The van der Waals surface area contributed by atoms with Gasteiger partial charge in [-0.3, -0.25) is 5.01 Å². The molecule has 14 heavy (non-hydrogen) atoms. The molecule has 4 nitrogen and oxygen atoms in total. The molecule has 0 aromatic rings. The Morgan fingerprint density at radius 3 is 3.14 bits per heavy atom. The Hall–Kier alpha value is -1.58. The molecule has 0 aromatic carbocycles. The fourth-order valence-electron chi connectivity index (χ4n) is 1.26. The molecule has 0 radical (unpaired) electrons.